The highest BCUT2D eigenvalue weighted by molar-refractivity contribution is 8.14. The van der Waals surface area contributed by atoms with E-state index in [2.05, 4.69) is 57.6 Å². The van der Waals surface area contributed by atoms with Crippen molar-refractivity contribution in [1.29, 1.82) is 5.26 Å². The predicted molar refractivity (Wildman–Crippen MR) is 113 cm³/mol. The average molecular weight is 363 g/mol. The summed E-state index contributed by atoms with van der Waals surface area (Å²) < 4.78 is 2.25. The number of nitrogens with two attached hydrogens (primary N) is 1. The zero-order chi connectivity index (χ0) is 18.7. The summed E-state index contributed by atoms with van der Waals surface area (Å²) in [6.07, 6.45) is 5.56. The first-order valence-electron chi connectivity index (χ1n) is 8.37. The van der Waals surface area contributed by atoms with Crippen LogP contribution in [-0.4, -0.2) is 23.8 Å². The molecule has 132 valence electrons. The molecule has 0 bridgehead atoms. The number of nitrogens with one attached hydrogen (secondary N) is 1. The lowest BCUT2D eigenvalue weighted by Crippen LogP contribution is -2.19. The number of anilines is 1. The molecule has 0 fully saturated rings. The van der Waals surface area contributed by atoms with Crippen molar-refractivity contribution in [3.8, 4) is 5.97 Å². The molecule has 0 aliphatic carbocycles. The maximum Gasteiger partial charge on any atom is 0.276 e. The molecular formula is C19H22BN5S. The topological polar surface area (TPSA) is 78.0 Å². The Kier molecular flexibility index (Phi) is 5.45. The molecule has 26 heavy (non-hydrogen) atoms. The van der Waals surface area contributed by atoms with Gasteiger partial charge >= 0.3 is 0 Å². The molecule has 0 radical (unpaired) electrons. The highest BCUT2D eigenvalue weighted by Crippen LogP contribution is 2.31. The summed E-state index contributed by atoms with van der Waals surface area (Å²) in [6.45, 7) is 4.61. The third-order valence-corrected chi connectivity index (χ3v) is 5.71. The first-order chi connectivity index (χ1) is 12.5. The maximum absolute atomic E-state index is 9.18. The Morgan fingerprint density at radius 3 is 2.77 bits per heavy atom. The van der Waals surface area contributed by atoms with Gasteiger partial charge in [-0.3, -0.25) is 10.8 Å². The van der Waals surface area contributed by atoms with Gasteiger partial charge in [0.15, 0.2) is 0 Å². The Hall–Kier alpha value is -2.56. The van der Waals surface area contributed by atoms with Crippen molar-refractivity contribution in [3.63, 3.8) is 0 Å². The second-order valence-corrected chi connectivity index (χ2v) is 8.13. The molecule has 0 saturated heterocycles. The molecule has 2 heterocycles. The molecule has 1 aromatic heterocycles. The Labute approximate surface area is 157 Å². The third-order valence-electron chi connectivity index (χ3n) is 4.62. The first-order valence-corrected chi connectivity index (χ1v) is 10.1. The second-order valence-electron chi connectivity index (χ2n) is 6.49. The van der Waals surface area contributed by atoms with Gasteiger partial charge in [0.05, 0.1) is 17.9 Å². The lowest BCUT2D eigenvalue weighted by molar-refractivity contribution is 0.966. The van der Waals surface area contributed by atoms with Crippen LogP contribution in [0, 0.1) is 11.2 Å². The van der Waals surface area contributed by atoms with Gasteiger partial charge in [0.25, 0.3) is 6.71 Å². The van der Waals surface area contributed by atoms with Crippen LogP contribution in [0.1, 0.15) is 22.4 Å². The van der Waals surface area contributed by atoms with E-state index in [4.69, 9.17) is 5.84 Å². The summed E-state index contributed by atoms with van der Waals surface area (Å²) in [5, 5.41) is 9.18. The van der Waals surface area contributed by atoms with Gasteiger partial charge < -0.3 is 9.73 Å². The van der Waals surface area contributed by atoms with Crippen LogP contribution in [-0.2, 0) is 19.2 Å². The van der Waals surface area contributed by atoms with Crippen molar-refractivity contribution in [3.05, 3.63) is 65.5 Å². The monoisotopic (exact) mass is 363 g/mol. The molecule has 1 unspecified atom stereocenters. The Bertz CT molecular complexity index is 888. The van der Waals surface area contributed by atoms with Crippen molar-refractivity contribution >= 4 is 34.6 Å². The summed E-state index contributed by atoms with van der Waals surface area (Å²) in [4.78, 5) is 4.53. The van der Waals surface area contributed by atoms with Crippen molar-refractivity contribution in [2.45, 2.75) is 19.2 Å². The van der Waals surface area contributed by atoms with Gasteiger partial charge in [0.2, 0.25) is 0 Å². The lowest BCUT2D eigenvalue weighted by atomic mass is 9.49. The Balaban J connectivity index is 1.82. The normalized spacial score (nSPS) is 13.7. The van der Waals surface area contributed by atoms with E-state index in [1.54, 1.807) is 6.20 Å². The van der Waals surface area contributed by atoms with E-state index >= 15 is 0 Å². The Morgan fingerprint density at radius 1 is 1.38 bits per heavy atom. The van der Waals surface area contributed by atoms with Crippen LogP contribution in [0.3, 0.4) is 0 Å². The fraction of sp³-hybridized carbons (Fsp3) is 0.211. The smallest absolute Gasteiger partial charge is 0.276 e. The van der Waals surface area contributed by atoms with Crippen LogP contribution in [0.2, 0.25) is 0 Å². The SMILES string of the molecule is C=C(NN)c1ccc(CN(c2ccc3c(c2)CB(C#N)C3)S(=C)C)nc1. The van der Waals surface area contributed by atoms with E-state index in [9.17, 15) is 5.26 Å². The molecule has 1 aliphatic heterocycles. The summed E-state index contributed by atoms with van der Waals surface area (Å²) in [7, 11) is -0.199. The number of benzene rings is 1. The van der Waals surface area contributed by atoms with Gasteiger partial charge in [0.1, 0.15) is 0 Å². The minimum Gasteiger partial charge on any atom is -0.324 e. The highest BCUT2D eigenvalue weighted by atomic mass is 32.2. The largest absolute Gasteiger partial charge is 0.324 e. The molecule has 3 N–H and O–H groups in total. The van der Waals surface area contributed by atoms with Crippen molar-refractivity contribution in [2.75, 3.05) is 10.6 Å². The van der Waals surface area contributed by atoms with Gasteiger partial charge in [-0.15, -0.1) is 10.7 Å². The van der Waals surface area contributed by atoms with Crippen LogP contribution in [0.15, 0.2) is 43.1 Å². The fourth-order valence-electron chi connectivity index (χ4n) is 3.16. The van der Waals surface area contributed by atoms with E-state index in [1.807, 2.05) is 12.1 Å². The molecule has 0 amide bonds. The Morgan fingerprint density at radius 2 is 2.15 bits per heavy atom. The molecule has 1 atom stereocenters. The van der Waals surface area contributed by atoms with Crippen LogP contribution < -0.4 is 15.6 Å². The molecule has 7 heteroatoms. The van der Waals surface area contributed by atoms with Crippen molar-refractivity contribution in [2.24, 2.45) is 5.84 Å². The standard InChI is InChI=1S/C19H22BN5S/c1-14(24-22)16-4-6-18(23-11-16)12-25(26(2)3)19-7-5-15-9-20(13-21)10-17(15)8-19/h4-8,11,24H,1-2,9-10,12,22H2,3H3. The van der Waals surface area contributed by atoms with Crippen LogP contribution >= 0.6 is 10.7 Å². The van der Waals surface area contributed by atoms with E-state index in [-0.39, 0.29) is 17.4 Å². The summed E-state index contributed by atoms with van der Waals surface area (Å²) in [5.41, 5.74) is 8.69. The summed E-state index contributed by atoms with van der Waals surface area (Å²) in [6, 6.07) is 10.4. The number of pyridine rings is 1. The van der Waals surface area contributed by atoms with Gasteiger partial charge in [-0.25, -0.2) is 5.26 Å². The van der Waals surface area contributed by atoms with Gasteiger partial charge in [-0.05, 0) is 48.7 Å². The number of rotatable bonds is 6. The molecule has 1 aliphatic rings. The summed E-state index contributed by atoms with van der Waals surface area (Å²) in [5.74, 6) is 12.0. The van der Waals surface area contributed by atoms with Crippen LogP contribution in [0.25, 0.3) is 5.70 Å². The molecule has 3 rings (SSSR count). The zero-order valence-corrected chi connectivity index (χ0v) is 15.7. The van der Waals surface area contributed by atoms with E-state index in [0.717, 1.165) is 29.6 Å². The number of aromatic nitrogens is 1. The third kappa shape index (κ3) is 3.82. The molecule has 1 aromatic carbocycles. The van der Waals surface area contributed by atoms with E-state index < -0.39 is 0 Å². The van der Waals surface area contributed by atoms with Gasteiger partial charge in [-0.2, -0.15) is 0 Å². The fourth-order valence-corrected chi connectivity index (χ4v) is 3.99. The van der Waals surface area contributed by atoms with E-state index in [0.29, 0.717) is 12.2 Å². The summed E-state index contributed by atoms with van der Waals surface area (Å²) >= 11 is 0. The van der Waals surface area contributed by atoms with Gasteiger partial charge in [0, 0.05) is 23.4 Å². The number of nitrogens with zero attached hydrogens (tertiary/aromatic N) is 3. The second kappa shape index (κ2) is 7.77. The minimum atomic E-state index is -0.199. The number of hydrogen-bond acceptors (Lipinski definition) is 5. The highest BCUT2D eigenvalue weighted by Gasteiger charge is 2.25. The molecule has 5 nitrogen and oxygen atoms in total. The maximum atomic E-state index is 9.18. The van der Waals surface area contributed by atoms with Crippen molar-refractivity contribution < 1.29 is 0 Å². The van der Waals surface area contributed by atoms with Crippen molar-refractivity contribution in [1.82, 2.24) is 10.4 Å². The molecule has 0 spiro atoms. The molecular weight excluding hydrogens is 341 g/mol. The van der Waals surface area contributed by atoms with Crippen LogP contribution in [0.4, 0.5) is 5.69 Å². The van der Waals surface area contributed by atoms with Gasteiger partial charge in [-0.1, -0.05) is 24.1 Å². The minimum absolute atomic E-state index is 0.104. The number of nitriles is 1. The predicted octanol–water partition coefficient (Wildman–Crippen LogP) is 2.50. The first kappa shape index (κ1) is 18.2. The molecule has 0 saturated carbocycles. The average Bonchev–Trinajstić information content (AvgIpc) is 3.08. The number of fused-ring (bicyclic) bond motifs is 1. The van der Waals surface area contributed by atoms with E-state index in [1.165, 1.54) is 11.1 Å². The van der Waals surface area contributed by atoms with Crippen LogP contribution in [0.5, 0.6) is 0 Å². The molecule has 2 aromatic rings. The number of hydrogen-bond donors (Lipinski definition) is 2. The quantitative estimate of drug-likeness (QED) is 0.357. The number of hydrazine groups is 1. The zero-order valence-electron chi connectivity index (χ0n) is 14.9. The lowest BCUT2D eigenvalue weighted by Gasteiger charge is -2.26.